The van der Waals surface area contributed by atoms with Crippen LogP contribution >= 0.6 is 24.8 Å². The van der Waals surface area contributed by atoms with Gasteiger partial charge in [-0.25, -0.2) is 8.42 Å². The van der Waals surface area contributed by atoms with Crippen LogP contribution in [0.4, 0.5) is 0 Å². The van der Waals surface area contributed by atoms with Crippen molar-refractivity contribution in [2.24, 2.45) is 0 Å². The summed E-state index contributed by atoms with van der Waals surface area (Å²) in [5.74, 6) is 0.0179. The minimum Gasteiger partial charge on any atom is -0.508 e. The number of sulfone groups is 1. The number of phenols is 2. The van der Waals surface area contributed by atoms with Gasteiger partial charge in [-0.15, -0.1) is 24.8 Å². The average Bonchev–Trinajstić information content (AvgIpc) is 2.30. The Morgan fingerprint density at radius 1 is 0.632 bits per heavy atom. The normalized spacial score (nSPS) is 10.1. The van der Waals surface area contributed by atoms with E-state index >= 15 is 0 Å². The van der Waals surface area contributed by atoms with Gasteiger partial charge >= 0.3 is 0 Å². The molecule has 4 nitrogen and oxygen atoms in total. The SMILES string of the molecule is Cl.Cl.O=S(=O)(c1ccc(O)cc1)c1ccc(O)cc1. The van der Waals surface area contributed by atoms with Crippen molar-refractivity contribution in [2.45, 2.75) is 9.79 Å². The number of phenolic OH excluding ortho intramolecular Hbond substituents is 2. The molecule has 19 heavy (non-hydrogen) atoms. The van der Waals surface area contributed by atoms with Gasteiger partial charge in [-0.05, 0) is 48.5 Å². The largest absolute Gasteiger partial charge is 0.508 e. The van der Waals surface area contributed by atoms with E-state index in [4.69, 9.17) is 10.2 Å². The Hall–Kier alpha value is -1.43. The Morgan fingerprint density at radius 3 is 1.16 bits per heavy atom. The van der Waals surface area contributed by atoms with Crippen LogP contribution in [0.1, 0.15) is 0 Å². The van der Waals surface area contributed by atoms with Crippen LogP contribution in [0.15, 0.2) is 58.3 Å². The minimum atomic E-state index is -3.59. The van der Waals surface area contributed by atoms with Crippen LogP contribution in [0.3, 0.4) is 0 Å². The predicted molar refractivity (Wildman–Crippen MR) is 76.2 cm³/mol. The fraction of sp³-hybridized carbons (Fsp3) is 0. The summed E-state index contributed by atoms with van der Waals surface area (Å²) < 4.78 is 24.2. The number of hydrogen-bond acceptors (Lipinski definition) is 4. The second-order valence-electron chi connectivity index (χ2n) is 3.49. The molecule has 2 rings (SSSR count). The van der Waals surface area contributed by atoms with E-state index in [9.17, 15) is 8.42 Å². The smallest absolute Gasteiger partial charge is 0.206 e. The van der Waals surface area contributed by atoms with Gasteiger partial charge in [-0.3, -0.25) is 0 Å². The summed E-state index contributed by atoms with van der Waals surface area (Å²) in [6.45, 7) is 0. The number of halogens is 2. The number of aromatic hydroxyl groups is 2. The van der Waals surface area contributed by atoms with E-state index in [-0.39, 0.29) is 46.1 Å². The zero-order valence-corrected chi connectivity index (χ0v) is 12.0. The van der Waals surface area contributed by atoms with E-state index in [2.05, 4.69) is 0 Å². The summed E-state index contributed by atoms with van der Waals surface area (Å²) in [7, 11) is -3.59. The fourth-order valence-electron chi connectivity index (χ4n) is 1.39. The first-order valence-corrected chi connectivity index (χ1v) is 6.31. The Bertz CT molecular complexity index is 570. The number of rotatable bonds is 2. The Balaban J connectivity index is 0.00000162. The molecule has 0 fully saturated rings. The highest BCUT2D eigenvalue weighted by Crippen LogP contribution is 2.23. The van der Waals surface area contributed by atoms with Crippen LogP contribution in [0.5, 0.6) is 11.5 Å². The molecule has 0 amide bonds. The molecule has 0 aromatic heterocycles. The third-order valence-electron chi connectivity index (χ3n) is 2.29. The topological polar surface area (TPSA) is 74.6 Å². The quantitative estimate of drug-likeness (QED) is 0.891. The minimum absolute atomic E-state index is 0. The molecule has 0 heterocycles. The van der Waals surface area contributed by atoms with Gasteiger partial charge in [-0.2, -0.15) is 0 Å². The molecule has 0 saturated heterocycles. The van der Waals surface area contributed by atoms with E-state index < -0.39 is 9.84 Å². The highest BCUT2D eigenvalue weighted by atomic mass is 35.5. The summed E-state index contributed by atoms with van der Waals surface area (Å²) in [5, 5.41) is 18.2. The van der Waals surface area contributed by atoms with Crippen molar-refractivity contribution in [3.8, 4) is 11.5 Å². The molecule has 2 N–H and O–H groups in total. The molecule has 0 aliphatic rings. The molecule has 104 valence electrons. The molecule has 0 aliphatic heterocycles. The lowest BCUT2D eigenvalue weighted by Gasteiger charge is -2.04. The summed E-state index contributed by atoms with van der Waals surface area (Å²) in [4.78, 5) is 0.196. The predicted octanol–water partition coefficient (Wildman–Crippen LogP) is 2.77. The lowest BCUT2D eigenvalue weighted by Crippen LogP contribution is -2.01. The van der Waals surface area contributed by atoms with Gasteiger partial charge in [-0.1, -0.05) is 0 Å². The van der Waals surface area contributed by atoms with Gasteiger partial charge in [0.1, 0.15) is 11.5 Å². The molecular weight excluding hydrogens is 311 g/mol. The second-order valence-corrected chi connectivity index (χ2v) is 5.44. The summed E-state index contributed by atoms with van der Waals surface area (Å²) in [6, 6.07) is 10.6. The van der Waals surface area contributed by atoms with Crippen LogP contribution < -0.4 is 0 Å². The Kier molecular flexibility index (Phi) is 6.15. The van der Waals surface area contributed by atoms with Gasteiger partial charge in [0.25, 0.3) is 0 Å². The van der Waals surface area contributed by atoms with E-state index in [1.165, 1.54) is 48.5 Å². The molecule has 0 aliphatic carbocycles. The van der Waals surface area contributed by atoms with Crippen LogP contribution in [0, 0.1) is 0 Å². The van der Waals surface area contributed by atoms with Gasteiger partial charge in [0.05, 0.1) is 9.79 Å². The third kappa shape index (κ3) is 3.76. The molecule has 0 spiro atoms. The highest BCUT2D eigenvalue weighted by Gasteiger charge is 2.17. The van der Waals surface area contributed by atoms with Crippen molar-refractivity contribution in [1.82, 2.24) is 0 Å². The average molecular weight is 323 g/mol. The molecule has 2 aromatic carbocycles. The highest BCUT2D eigenvalue weighted by molar-refractivity contribution is 7.91. The summed E-state index contributed by atoms with van der Waals surface area (Å²) >= 11 is 0. The maximum atomic E-state index is 12.1. The lowest BCUT2D eigenvalue weighted by molar-refractivity contribution is 0.474. The van der Waals surface area contributed by atoms with Gasteiger partial charge in [0.15, 0.2) is 0 Å². The second kappa shape index (κ2) is 6.65. The fourth-order valence-corrected chi connectivity index (χ4v) is 2.65. The maximum absolute atomic E-state index is 12.1. The van der Waals surface area contributed by atoms with Crippen LogP contribution in [0.25, 0.3) is 0 Å². The van der Waals surface area contributed by atoms with E-state index in [0.717, 1.165) is 0 Å². The number of benzene rings is 2. The first-order valence-electron chi connectivity index (χ1n) is 4.83. The van der Waals surface area contributed by atoms with Gasteiger partial charge in [0, 0.05) is 0 Å². The zero-order chi connectivity index (χ0) is 12.5. The van der Waals surface area contributed by atoms with E-state index in [1.807, 2.05) is 0 Å². The number of hydrogen-bond donors (Lipinski definition) is 2. The Morgan fingerprint density at radius 2 is 0.895 bits per heavy atom. The molecule has 7 heteroatoms. The lowest BCUT2D eigenvalue weighted by atomic mass is 10.3. The van der Waals surface area contributed by atoms with E-state index in [1.54, 1.807) is 0 Å². The first-order chi connectivity index (χ1) is 8.00. The standard InChI is InChI=1S/C12H10O4S.2ClH/c13-9-1-5-11(6-2-9)17(15,16)12-7-3-10(14)4-8-12;;/h1-8,13-14H;2*1H. The molecular formula is C12H12Cl2O4S. The molecule has 0 unspecified atom stereocenters. The van der Waals surface area contributed by atoms with Crippen molar-refractivity contribution >= 4 is 34.7 Å². The molecule has 0 bridgehead atoms. The van der Waals surface area contributed by atoms with Crippen LogP contribution in [-0.2, 0) is 9.84 Å². The third-order valence-corrected chi connectivity index (χ3v) is 4.08. The monoisotopic (exact) mass is 322 g/mol. The summed E-state index contributed by atoms with van der Waals surface area (Å²) in [5.41, 5.74) is 0. The van der Waals surface area contributed by atoms with Crippen molar-refractivity contribution < 1.29 is 18.6 Å². The van der Waals surface area contributed by atoms with Crippen molar-refractivity contribution in [3.63, 3.8) is 0 Å². The van der Waals surface area contributed by atoms with Crippen molar-refractivity contribution in [1.29, 1.82) is 0 Å². The van der Waals surface area contributed by atoms with Crippen LogP contribution in [0.2, 0.25) is 0 Å². The van der Waals surface area contributed by atoms with Crippen molar-refractivity contribution in [3.05, 3.63) is 48.5 Å². The van der Waals surface area contributed by atoms with Gasteiger partial charge in [0.2, 0.25) is 9.84 Å². The molecule has 0 atom stereocenters. The summed E-state index contributed by atoms with van der Waals surface area (Å²) in [6.07, 6.45) is 0. The molecule has 2 aromatic rings. The van der Waals surface area contributed by atoms with Crippen molar-refractivity contribution in [2.75, 3.05) is 0 Å². The molecule has 0 radical (unpaired) electrons. The van der Waals surface area contributed by atoms with Gasteiger partial charge < -0.3 is 10.2 Å². The maximum Gasteiger partial charge on any atom is 0.206 e. The van der Waals surface area contributed by atoms with Crippen LogP contribution in [-0.4, -0.2) is 18.6 Å². The Labute approximate surface area is 123 Å². The van der Waals surface area contributed by atoms with E-state index in [0.29, 0.717) is 0 Å². The molecule has 0 saturated carbocycles. The first kappa shape index (κ1) is 17.6. The zero-order valence-electron chi connectivity index (χ0n) is 9.55.